The molecule has 0 aliphatic carbocycles. The maximum absolute atomic E-state index is 12.1. The molecule has 2 N–H and O–H groups in total. The number of benzene rings is 2. The van der Waals surface area contributed by atoms with Crippen LogP contribution in [-0.4, -0.2) is 45.1 Å². The molecule has 38 heavy (non-hydrogen) atoms. The van der Waals surface area contributed by atoms with E-state index < -0.39 is 18.4 Å². The van der Waals surface area contributed by atoms with Gasteiger partial charge in [-0.05, 0) is 30.5 Å². The zero-order valence-corrected chi connectivity index (χ0v) is 23.1. The van der Waals surface area contributed by atoms with E-state index in [-0.39, 0.29) is 24.7 Å². The highest BCUT2D eigenvalue weighted by atomic mass is 32.2. The maximum atomic E-state index is 12.1. The van der Waals surface area contributed by atoms with Crippen molar-refractivity contribution in [2.75, 3.05) is 5.75 Å². The zero-order chi connectivity index (χ0) is 27.1. The number of nitrogens with zero attached hydrogens (tertiary/aromatic N) is 2. The molecule has 1 aliphatic rings. The molecule has 202 valence electrons. The van der Waals surface area contributed by atoms with Crippen molar-refractivity contribution in [1.82, 2.24) is 15.5 Å². The highest BCUT2D eigenvalue weighted by molar-refractivity contribution is 8.01. The summed E-state index contributed by atoms with van der Waals surface area (Å²) in [6, 6.07) is 15.5. The van der Waals surface area contributed by atoms with Gasteiger partial charge in [-0.25, -0.2) is 0 Å². The molecule has 2 heterocycles. The number of esters is 1. The third-order valence-corrected chi connectivity index (χ3v) is 8.05. The first-order chi connectivity index (χ1) is 18.3. The molecule has 0 spiro atoms. The van der Waals surface area contributed by atoms with Crippen LogP contribution in [0.25, 0.3) is 0 Å². The average molecular weight is 558 g/mol. The van der Waals surface area contributed by atoms with E-state index in [4.69, 9.17) is 14.2 Å². The van der Waals surface area contributed by atoms with Gasteiger partial charge in [0.05, 0.1) is 18.8 Å². The van der Waals surface area contributed by atoms with Gasteiger partial charge >= 0.3 is 5.97 Å². The van der Waals surface area contributed by atoms with Crippen molar-refractivity contribution >= 4 is 35.0 Å². The molecule has 1 saturated heterocycles. The third kappa shape index (κ3) is 7.84. The van der Waals surface area contributed by atoms with Crippen LogP contribution >= 0.6 is 23.1 Å². The Bertz CT molecular complexity index is 1220. The van der Waals surface area contributed by atoms with E-state index in [0.29, 0.717) is 18.7 Å². The van der Waals surface area contributed by atoms with Gasteiger partial charge in [-0.3, -0.25) is 9.59 Å². The normalized spacial score (nSPS) is 20.1. The Kier molecular flexibility index (Phi) is 9.86. The molecular weight excluding hydrogens is 526 g/mol. The minimum absolute atomic E-state index is 0.00641. The highest BCUT2D eigenvalue weighted by Gasteiger charge is 2.32. The molecule has 1 amide bonds. The molecule has 0 bridgehead atoms. The Hall–Kier alpha value is -2.83. The Morgan fingerprint density at radius 3 is 2.42 bits per heavy atom. The molecule has 0 saturated carbocycles. The van der Waals surface area contributed by atoms with E-state index in [1.807, 2.05) is 55.5 Å². The van der Waals surface area contributed by atoms with E-state index in [1.165, 1.54) is 13.8 Å². The van der Waals surface area contributed by atoms with E-state index in [0.717, 1.165) is 31.6 Å². The number of rotatable bonds is 10. The predicted molar refractivity (Wildman–Crippen MR) is 143 cm³/mol. The number of carbonyl (C=O) groups is 2. The van der Waals surface area contributed by atoms with Crippen LogP contribution in [0.3, 0.4) is 0 Å². The van der Waals surface area contributed by atoms with Crippen molar-refractivity contribution in [3.05, 3.63) is 75.8 Å². The Morgan fingerprint density at radius 2 is 1.79 bits per heavy atom. The fourth-order valence-electron chi connectivity index (χ4n) is 3.95. The van der Waals surface area contributed by atoms with Gasteiger partial charge in [0.1, 0.15) is 5.01 Å². The van der Waals surface area contributed by atoms with E-state index >= 15 is 0 Å². The zero-order valence-electron chi connectivity index (χ0n) is 21.5. The van der Waals surface area contributed by atoms with Crippen LogP contribution in [-0.2, 0) is 37.0 Å². The predicted octanol–water partition coefficient (Wildman–Crippen LogP) is 4.24. The summed E-state index contributed by atoms with van der Waals surface area (Å²) in [4.78, 5) is 23.2. The van der Waals surface area contributed by atoms with Gasteiger partial charge in [-0.15, -0.1) is 10.2 Å². The first-order valence-corrected chi connectivity index (χ1v) is 14.1. The largest absolute Gasteiger partial charge is 0.453 e. The smallest absolute Gasteiger partial charge is 0.303 e. The first-order valence-electron chi connectivity index (χ1n) is 12.3. The Morgan fingerprint density at radius 1 is 1.11 bits per heavy atom. The van der Waals surface area contributed by atoms with Crippen molar-refractivity contribution < 1.29 is 28.9 Å². The lowest BCUT2D eigenvalue weighted by Gasteiger charge is -2.36. The second-order valence-corrected chi connectivity index (χ2v) is 11.4. The average Bonchev–Trinajstić information content (AvgIpc) is 3.35. The van der Waals surface area contributed by atoms with Crippen LogP contribution in [0.15, 0.2) is 52.9 Å². The minimum Gasteiger partial charge on any atom is -0.453 e. The highest BCUT2D eigenvalue weighted by Crippen LogP contribution is 2.39. The number of aryl methyl sites for hydroxylation is 1. The Balaban J connectivity index is 1.43. The second kappa shape index (κ2) is 13.3. The number of nitrogens with one attached hydrogen (secondary N) is 1. The van der Waals surface area contributed by atoms with E-state index in [2.05, 4.69) is 15.5 Å². The molecule has 1 aromatic heterocycles. The number of ether oxygens (including phenoxy) is 3. The quantitative estimate of drug-likeness (QED) is 0.279. The molecule has 3 aromatic rings. The fraction of sp³-hybridized carbons (Fsp3) is 0.407. The second-order valence-electron chi connectivity index (χ2n) is 8.96. The number of carbonyl (C=O) groups excluding carboxylic acids is 2. The van der Waals surface area contributed by atoms with Crippen LogP contribution in [0.1, 0.15) is 59.9 Å². The molecule has 2 aromatic carbocycles. The topological polar surface area (TPSA) is 120 Å². The van der Waals surface area contributed by atoms with Crippen molar-refractivity contribution in [3.8, 4) is 0 Å². The molecule has 11 heteroatoms. The number of hydrogen-bond acceptors (Lipinski definition) is 10. The summed E-state index contributed by atoms with van der Waals surface area (Å²) in [6.07, 6.45) is -0.986. The number of thioether (sulfide) groups is 1. The van der Waals surface area contributed by atoms with Crippen LogP contribution in [0.2, 0.25) is 0 Å². The lowest BCUT2D eigenvalue weighted by atomic mass is 10.0. The van der Waals surface area contributed by atoms with Gasteiger partial charge in [0.25, 0.3) is 5.91 Å². The lowest BCUT2D eigenvalue weighted by molar-refractivity contribution is -0.245. The number of aliphatic hydroxyl groups is 1. The van der Waals surface area contributed by atoms with Gasteiger partial charge in [0.2, 0.25) is 0 Å². The molecule has 4 atom stereocenters. The molecule has 4 unspecified atom stereocenters. The Labute approximate surface area is 229 Å². The maximum Gasteiger partial charge on any atom is 0.303 e. The molecular formula is C27H31N3O6S2. The third-order valence-electron chi connectivity index (χ3n) is 5.95. The number of hydrogen-bond donors (Lipinski definition) is 2. The van der Waals surface area contributed by atoms with Crippen LogP contribution in [0.5, 0.6) is 0 Å². The van der Waals surface area contributed by atoms with Gasteiger partial charge in [0.15, 0.2) is 16.7 Å². The fourth-order valence-corrected chi connectivity index (χ4v) is 5.81. The van der Waals surface area contributed by atoms with Crippen LogP contribution in [0, 0.1) is 6.92 Å². The summed E-state index contributed by atoms with van der Waals surface area (Å²) in [6.45, 7) is 5.04. The van der Waals surface area contributed by atoms with Gasteiger partial charge in [-0.2, -0.15) is 0 Å². The van der Waals surface area contributed by atoms with Crippen molar-refractivity contribution in [2.24, 2.45) is 0 Å². The van der Waals surface area contributed by atoms with Crippen molar-refractivity contribution in [2.45, 2.75) is 69.3 Å². The summed E-state index contributed by atoms with van der Waals surface area (Å²) in [7, 11) is 0. The van der Waals surface area contributed by atoms with E-state index in [1.54, 1.807) is 23.1 Å². The summed E-state index contributed by atoms with van der Waals surface area (Å²) in [5, 5.41) is 21.4. The molecule has 1 fully saturated rings. The number of aliphatic hydroxyl groups excluding tert-OH is 1. The minimum atomic E-state index is -0.849. The van der Waals surface area contributed by atoms with Crippen molar-refractivity contribution in [1.29, 1.82) is 0 Å². The summed E-state index contributed by atoms with van der Waals surface area (Å²) in [5.41, 5.74) is 3.63. The van der Waals surface area contributed by atoms with Gasteiger partial charge in [-0.1, -0.05) is 71.6 Å². The number of amides is 1. The standard InChI is InChI=1S/C27H31N3O6S2/c1-16(34-18(3)32)25(33)28-13-19-4-10-22(11-5-19)26-35-23(15-37-27-30-29-17(2)38-27)12-24(36-26)21-8-6-20(14-31)7-9-21/h4-11,16,23-24,26,31H,12-15H2,1-3H3,(H,28,33). The summed E-state index contributed by atoms with van der Waals surface area (Å²) in [5.74, 6) is -0.142. The van der Waals surface area contributed by atoms with Crippen LogP contribution in [0.4, 0.5) is 0 Å². The molecule has 4 rings (SSSR count). The van der Waals surface area contributed by atoms with Crippen LogP contribution < -0.4 is 5.32 Å². The van der Waals surface area contributed by atoms with Gasteiger partial charge < -0.3 is 24.6 Å². The summed E-state index contributed by atoms with van der Waals surface area (Å²) >= 11 is 3.19. The molecule has 0 radical (unpaired) electrons. The van der Waals surface area contributed by atoms with E-state index in [9.17, 15) is 14.7 Å². The van der Waals surface area contributed by atoms with Crippen molar-refractivity contribution in [3.63, 3.8) is 0 Å². The SMILES string of the molecule is CC(=O)OC(C)C(=O)NCc1ccc(C2OC(CSc3nnc(C)s3)CC(c3ccc(CO)cc3)O2)cc1. The summed E-state index contributed by atoms with van der Waals surface area (Å²) < 4.78 is 18.6. The molecule has 9 nitrogen and oxygen atoms in total. The first kappa shape index (κ1) is 28.2. The van der Waals surface area contributed by atoms with Gasteiger partial charge in [0, 0.05) is 31.2 Å². The monoisotopic (exact) mass is 557 g/mol. The number of aromatic nitrogens is 2. The lowest BCUT2D eigenvalue weighted by Crippen LogP contribution is -2.35. The molecule has 1 aliphatic heterocycles.